The van der Waals surface area contributed by atoms with Crippen molar-refractivity contribution >= 4 is 8.07 Å². The summed E-state index contributed by atoms with van der Waals surface area (Å²) in [5.74, 6) is 6.28. The summed E-state index contributed by atoms with van der Waals surface area (Å²) < 4.78 is 0. The Bertz CT molecular complexity index is 238. The van der Waals surface area contributed by atoms with Crippen molar-refractivity contribution < 1.29 is 0 Å². The van der Waals surface area contributed by atoms with Crippen LogP contribution in [0.15, 0.2) is 5.11 Å². The summed E-state index contributed by atoms with van der Waals surface area (Å²) in [4.78, 5) is 2.68. The van der Waals surface area contributed by atoms with Crippen LogP contribution in [0.25, 0.3) is 10.4 Å². The van der Waals surface area contributed by atoms with Gasteiger partial charge >= 0.3 is 0 Å². The van der Waals surface area contributed by atoms with E-state index in [9.17, 15) is 0 Å². The monoisotopic (exact) mass is 195 g/mol. The molecule has 0 unspecified atom stereocenters. The van der Waals surface area contributed by atoms with E-state index in [4.69, 9.17) is 5.53 Å². The fraction of sp³-hybridized carbons (Fsp3) is 0.778. The minimum atomic E-state index is -0.988. The van der Waals surface area contributed by atoms with Gasteiger partial charge in [0.15, 0.2) is 0 Å². The van der Waals surface area contributed by atoms with E-state index in [0.29, 0.717) is 6.54 Å². The van der Waals surface area contributed by atoms with Gasteiger partial charge in [0.25, 0.3) is 0 Å². The normalized spacial score (nSPS) is 9.77. The molecule has 0 aliphatic carbocycles. The first-order valence-corrected chi connectivity index (χ1v) is 8.23. The van der Waals surface area contributed by atoms with Gasteiger partial charge in [-0.3, -0.25) is 0 Å². The Morgan fingerprint density at radius 2 is 2.00 bits per heavy atom. The topological polar surface area (TPSA) is 48.8 Å². The molecule has 0 aliphatic rings. The zero-order chi connectivity index (χ0) is 10.2. The van der Waals surface area contributed by atoms with Crippen LogP contribution < -0.4 is 0 Å². The van der Waals surface area contributed by atoms with Crippen LogP contribution in [0, 0.1) is 11.8 Å². The molecular formula is C9H17N3Si. The minimum Gasteiger partial charge on any atom is -0.106 e. The number of hydrogen-bond donors (Lipinski definition) is 0. The first kappa shape index (κ1) is 12.1. The summed E-state index contributed by atoms with van der Waals surface area (Å²) in [6.45, 7) is 7.49. The third-order valence-electron chi connectivity index (χ3n) is 1.37. The molecule has 0 rings (SSSR count). The lowest BCUT2D eigenvalue weighted by molar-refractivity contribution is 0.862. The van der Waals surface area contributed by atoms with E-state index in [1.165, 1.54) is 0 Å². The van der Waals surface area contributed by atoms with Crippen LogP contribution in [0.2, 0.25) is 25.7 Å². The zero-order valence-electron chi connectivity index (χ0n) is 8.67. The number of unbranched alkanes of at least 4 members (excludes halogenated alkanes) is 1. The molecule has 0 aromatic carbocycles. The van der Waals surface area contributed by atoms with Crippen LogP contribution in [-0.4, -0.2) is 14.6 Å². The highest BCUT2D eigenvalue weighted by atomic mass is 28.3. The molecule has 4 heteroatoms. The first-order chi connectivity index (χ1) is 6.06. The summed E-state index contributed by atoms with van der Waals surface area (Å²) in [7, 11) is -0.988. The molecule has 0 saturated carbocycles. The van der Waals surface area contributed by atoms with E-state index >= 15 is 0 Å². The number of hydrogen-bond acceptors (Lipinski definition) is 1. The minimum absolute atomic E-state index is 0.568. The second-order valence-corrected chi connectivity index (χ2v) is 9.62. The number of azide groups is 1. The molecule has 0 amide bonds. The van der Waals surface area contributed by atoms with E-state index in [-0.39, 0.29) is 0 Å². The Hall–Kier alpha value is -0.913. The summed E-state index contributed by atoms with van der Waals surface area (Å²) in [6, 6.07) is 1.06. The van der Waals surface area contributed by atoms with Gasteiger partial charge in [0.1, 0.15) is 0 Å². The zero-order valence-corrected chi connectivity index (χ0v) is 9.67. The van der Waals surface area contributed by atoms with Crippen LogP contribution >= 0.6 is 0 Å². The van der Waals surface area contributed by atoms with Crippen molar-refractivity contribution in [3.05, 3.63) is 10.4 Å². The highest BCUT2D eigenvalue weighted by molar-refractivity contribution is 6.76. The molecule has 0 radical (unpaired) electrons. The van der Waals surface area contributed by atoms with E-state index in [0.717, 1.165) is 18.9 Å². The Labute approximate surface area is 81.2 Å². The van der Waals surface area contributed by atoms with E-state index in [2.05, 4.69) is 41.5 Å². The van der Waals surface area contributed by atoms with Crippen molar-refractivity contribution in [2.45, 2.75) is 38.5 Å². The van der Waals surface area contributed by atoms with Crippen LogP contribution in [-0.2, 0) is 0 Å². The van der Waals surface area contributed by atoms with Crippen molar-refractivity contribution in [1.82, 2.24) is 0 Å². The van der Waals surface area contributed by atoms with Crippen LogP contribution in [0.5, 0.6) is 0 Å². The van der Waals surface area contributed by atoms with Crippen LogP contribution in [0.4, 0.5) is 0 Å². The van der Waals surface area contributed by atoms with E-state index in [1.54, 1.807) is 0 Å². The molecule has 0 aromatic rings. The molecule has 0 fully saturated rings. The summed E-state index contributed by atoms with van der Waals surface area (Å²) >= 11 is 0. The Balaban J connectivity index is 3.46. The quantitative estimate of drug-likeness (QED) is 0.165. The van der Waals surface area contributed by atoms with Crippen molar-refractivity contribution in [3.63, 3.8) is 0 Å². The number of nitrogens with zero attached hydrogens (tertiary/aromatic N) is 3. The summed E-state index contributed by atoms with van der Waals surface area (Å²) in [5, 5.41) is 3.44. The van der Waals surface area contributed by atoms with Gasteiger partial charge in [0.05, 0.1) is 8.07 Å². The lowest BCUT2D eigenvalue weighted by Crippen LogP contribution is -2.17. The molecule has 0 heterocycles. The van der Waals surface area contributed by atoms with Crippen molar-refractivity contribution in [2.75, 3.05) is 6.54 Å². The predicted molar refractivity (Wildman–Crippen MR) is 59.2 cm³/mol. The Kier molecular flexibility index (Phi) is 6.12. The average molecular weight is 195 g/mol. The maximum atomic E-state index is 8.00. The molecule has 13 heavy (non-hydrogen) atoms. The Morgan fingerprint density at radius 1 is 1.31 bits per heavy atom. The largest absolute Gasteiger partial charge is 0.106 e. The van der Waals surface area contributed by atoms with Gasteiger partial charge < -0.3 is 0 Å². The van der Waals surface area contributed by atoms with Crippen LogP contribution in [0.3, 0.4) is 0 Å². The van der Waals surface area contributed by atoms with Gasteiger partial charge in [-0.25, -0.2) is 0 Å². The van der Waals surface area contributed by atoms with E-state index in [1.807, 2.05) is 0 Å². The third kappa shape index (κ3) is 11.1. The fourth-order valence-electron chi connectivity index (χ4n) is 0.699. The maximum Gasteiger partial charge on any atom is 0.0573 e. The molecule has 0 spiro atoms. The first-order valence-electron chi connectivity index (χ1n) is 4.53. The predicted octanol–water partition coefficient (Wildman–Crippen LogP) is 3.42. The number of rotatable bonds is 4. The molecule has 0 aromatic heterocycles. The standard InChI is InChI=1S/C9H17N3Si/c1-13(2,3)9-7-5-4-6-8-11-12-10/h4,6,8-9H2,1-3H3. The maximum absolute atomic E-state index is 8.00. The average Bonchev–Trinajstić information content (AvgIpc) is 2.01. The molecule has 3 nitrogen and oxygen atoms in total. The lowest BCUT2D eigenvalue weighted by Gasteiger charge is -2.09. The van der Waals surface area contributed by atoms with Gasteiger partial charge in [0, 0.05) is 23.9 Å². The van der Waals surface area contributed by atoms with Gasteiger partial charge in [0.2, 0.25) is 0 Å². The van der Waals surface area contributed by atoms with E-state index < -0.39 is 8.07 Å². The molecule has 0 aliphatic heterocycles. The van der Waals surface area contributed by atoms with Gasteiger partial charge in [-0.05, 0) is 12.0 Å². The van der Waals surface area contributed by atoms with Crippen molar-refractivity contribution in [2.24, 2.45) is 5.11 Å². The molecular weight excluding hydrogens is 178 g/mol. The second kappa shape index (κ2) is 6.59. The smallest absolute Gasteiger partial charge is 0.0573 e. The highest BCUT2D eigenvalue weighted by Gasteiger charge is 2.09. The fourth-order valence-corrected chi connectivity index (χ4v) is 1.35. The molecule has 0 atom stereocenters. The summed E-state index contributed by atoms with van der Waals surface area (Å²) in [5.41, 5.74) is 8.00. The van der Waals surface area contributed by atoms with Crippen molar-refractivity contribution in [1.29, 1.82) is 0 Å². The summed E-state index contributed by atoms with van der Waals surface area (Å²) in [6.07, 6.45) is 1.73. The van der Waals surface area contributed by atoms with Gasteiger partial charge in [-0.1, -0.05) is 24.8 Å². The van der Waals surface area contributed by atoms with Crippen molar-refractivity contribution in [3.8, 4) is 11.8 Å². The SMILES string of the molecule is C[Si](C)(C)CC#CCCCN=[N+]=[N-]. The lowest BCUT2D eigenvalue weighted by atomic mass is 10.3. The third-order valence-corrected chi connectivity index (χ3v) is 2.60. The van der Waals surface area contributed by atoms with Gasteiger partial charge in [-0.15, -0.1) is 11.8 Å². The Morgan fingerprint density at radius 3 is 2.54 bits per heavy atom. The second-order valence-electron chi connectivity index (χ2n) is 4.15. The molecule has 0 N–H and O–H groups in total. The molecule has 0 bridgehead atoms. The molecule has 0 saturated heterocycles. The van der Waals surface area contributed by atoms with Gasteiger partial charge in [-0.2, -0.15) is 0 Å². The van der Waals surface area contributed by atoms with Crippen LogP contribution in [0.1, 0.15) is 12.8 Å². The molecule has 72 valence electrons. The highest BCUT2D eigenvalue weighted by Crippen LogP contribution is 2.05.